The Balaban J connectivity index is 2.31. The van der Waals surface area contributed by atoms with E-state index in [1.165, 1.54) is 28.8 Å². The third-order valence-corrected chi connectivity index (χ3v) is 4.73. The van der Waals surface area contributed by atoms with E-state index >= 15 is 0 Å². The lowest BCUT2D eigenvalue weighted by Gasteiger charge is -2.21. The van der Waals surface area contributed by atoms with Gasteiger partial charge in [0.05, 0.1) is 0 Å². The highest BCUT2D eigenvalue weighted by Crippen LogP contribution is 2.35. The number of carboxylic acid groups (broad SMARTS) is 1. The molecule has 0 amide bonds. The number of rotatable bonds is 8. The molecule has 2 rings (SSSR count). The van der Waals surface area contributed by atoms with Crippen LogP contribution >= 0.6 is 11.8 Å². The zero-order chi connectivity index (χ0) is 19.3. The van der Waals surface area contributed by atoms with E-state index in [1.807, 2.05) is 13.8 Å². The molecule has 4 nitrogen and oxygen atoms in total. The SMILES string of the molecule is CC(C)Sc1ncccc1-c1cc(F)c(N(C)CCCC(=O)O)c(F)c1. The maximum Gasteiger partial charge on any atom is 0.303 e. The van der Waals surface area contributed by atoms with Crippen molar-refractivity contribution < 1.29 is 18.7 Å². The third-order valence-electron chi connectivity index (χ3n) is 3.71. The number of pyridine rings is 1. The average molecular weight is 380 g/mol. The van der Waals surface area contributed by atoms with Crippen LogP contribution < -0.4 is 4.90 Å². The number of carboxylic acids is 1. The number of aliphatic carboxylic acids is 1. The molecule has 0 saturated carbocycles. The Kier molecular flexibility index (Phi) is 6.97. The van der Waals surface area contributed by atoms with Crippen molar-refractivity contribution in [1.82, 2.24) is 4.98 Å². The van der Waals surface area contributed by atoms with Gasteiger partial charge in [-0.15, -0.1) is 11.8 Å². The highest BCUT2D eigenvalue weighted by molar-refractivity contribution is 7.99. The number of thioether (sulfide) groups is 1. The predicted molar refractivity (Wildman–Crippen MR) is 101 cm³/mol. The molecule has 0 atom stereocenters. The Morgan fingerprint density at radius 1 is 1.31 bits per heavy atom. The van der Waals surface area contributed by atoms with Crippen molar-refractivity contribution in [2.45, 2.75) is 37.0 Å². The van der Waals surface area contributed by atoms with E-state index in [1.54, 1.807) is 25.4 Å². The highest BCUT2D eigenvalue weighted by atomic mass is 32.2. The predicted octanol–water partition coefficient (Wildman–Crippen LogP) is 4.83. The van der Waals surface area contributed by atoms with E-state index in [0.29, 0.717) is 17.5 Å². The lowest BCUT2D eigenvalue weighted by molar-refractivity contribution is -0.137. The first-order chi connectivity index (χ1) is 12.3. The summed E-state index contributed by atoms with van der Waals surface area (Å²) in [7, 11) is 1.55. The van der Waals surface area contributed by atoms with Crippen LogP contribution in [0.25, 0.3) is 11.1 Å². The molecule has 0 aliphatic rings. The highest BCUT2D eigenvalue weighted by Gasteiger charge is 2.18. The molecule has 1 aromatic carbocycles. The van der Waals surface area contributed by atoms with Gasteiger partial charge in [-0.05, 0) is 30.2 Å². The minimum Gasteiger partial charge on any atom is -0.481 e. The summed E-state index contributed by atoms with van der Waals surface area (Å²) in [5.74, 6) is -2.29. The second-order valence-electron chi connectivity index (χ2n) is 6.23. The second-order valence-corrected chi connectivity index (χ2v) is 7.80. The number of hydrogen-bond acceptors (Lipinski definition) is 4. The van der Waals surface area contributed by atoms with Crippen molar-refractivity contribution in [2.75, 3.05) is 18.5 Å². The monoisotopic (exact) mass is 380 g/mol. The summed E-state index contributed by atoms with van der Waals surface area (Å²) in [6.07, 6.45) is 1.92. The molecule has 1 N–H and O–H groups in total. The van der Waals surface area contributed by atoms with Crippen LogP contribution in [0, 0.1) is 11.6 Å². The summed E-state index contributed by atoms with van der Waals surface area (Å²) < 4.78 is 29.2. The summed E-state index contributed by atoms with van der Waals surface area (Å²) in [6.45, 7) is 4.31. The molecule has 0 radical (unpaired) electrons. The van der Waals surface area contributed by atoms with Gasteiger partial charge in [-0.25, -0.2) is 13.8 Å². The van der Waals surface area contributed by atoms with E-state index in [4.69, 9.17) is 5.11 Å². The molecule has 0 bridgehead atoms. The Labute approximate surface area is 156 Å². The van der Waals surface area contributed by atoms with Crippen LogP contribution in [0.5, 0.6) is 0 Å². The van der Waals surface area contributed by atoms with Gasteiger partial charge < -0.3 is 10.0 Å². The molecule has 1 heterocycles. The molecule has 0 aliphatic carbocycles. The first-order valence-corrected chi connectivity index (χ1v) is 9.21. The number of nitrogens with zero attached hydrogens (tertiary/aromatic N) is 2. The van der Waals surface area contributed by atoms with Gasteiger partial charge in [0.2, 0.25) is 0 Å². The lowest BCUT2D eigenvalue weighted by Crippen LogP contribution is -2.21. The number of anilines is 1. The zero-order valence-corrected chi connectivity index (χ0v) is 15.8. The Morgan fingerprint density at radius 2 is 1.96 bits per heavy atom. The minimum absolute atomic E-state index is 0.0445. The summed E-state index contributed by atoms with van der Waals surface area (Å²) in [5, 5.41) is 9.70. The number of halogens is 2. The van der Waals surface area contributed by atoms with Gasteiger partial charge >= 0.3 is 5.97 Å². The summed E-state index contributed by atoms with van der Waals surface area (Å²) >= 11 is 1.53. The molecule has 1 aromatic heterocycles. The van der Waals surface area contributed by atoms with Crippen LogP contribution in [0.4, 0.5) is 14.5 Å². The molecule has 0 spiro atoms. The van der Waals surface area contributed by atoms with Crippen LogP contribution in [-0.4, -0.2) is 34.9 Å². The first-order valence-electron chi connectivity index (χ1n) is 8.33. The molecule has 0 saturated heterocycles. The second kappa shape index (κ2) is 8.98. The van der Waals surface area contributed by atoms with Gasteiger partial charge in [0, 0.05) is 37.0 Å². The van der Waals surface area contributed by atoms with Gasteiger partial charge in [-0.2, -0.15) is 0 Å². The fraction of sp³-hybridized carbons (Fsp3) is 0.368. The van der Waals surface area contributed by atoms with Gasteiger partial charge in [0.25, 0.3) is 0 Å². The fourth-order valence-corrected chi connectivity index (χ4v) is 3.47. The van der Waals surface area contributed by atoms with Crippen molar-refractivity contribution in [3.8, 4) is 11.1 Å². The molecule has 0 aliphatic heterocycles. The zero-order valence-electron chi connectivity index (χ0n) is 15.0. The molecule has 0 fully saturated rings. The largest absolute Gasteiger partial charge is 0.481 e. The number of hydrogen-bond donors (Lipinski definition) is 1. The molecule has 140 valence electrons. The van der Waals surface area contributed by atoms with Gasteiger partial charge in [0.1, 0.15) is 22.3 Å². The van der Waals surface area contributed by atoms with Crippen LogP contribution in [0.3, 0.4) is 0 Å². The summed E-state index contributed by atoms with van der Waals surface area (Å²) in [4.78, 5) is 16.3. The van der Waals surface area contributed by atoms with Crippen molar-refractivity contribution in [1.29, 1.82) is 0 Å². The Hall–Kier alpha value is -2.15. The minimum atomic E-state index is -0.929. The number of carbonyl (C=O) groups is 1. The van der Waals surface area contributed by atoms with E-state index < -0.39 is 17.6 Å². The normalized spacial score (nSPS) is 11.0. The number of aromatic nitrogens is 1. The van der Waals surface area contributed by atoms with Crippen molar-refractivity contribution >= 4 is 23.4 Å². The quantitative estimate of drug-likeness (QED) is 0.665. The van der Waals surface area contributed by atoms with Crippen LogP contribution in [0.1, 0.15) is 26.7 Å². The molecule has 0 unspecified atom stereocenters. The average Bonchev–Trinajstić information content (AvgIpc) is 2.53. The van der Waals surface area contributed by atoms with Crippen molar-refractivity contribution in [3.05, 3.63) is 42.1 Å². The third kappa shape index (κ3) is 5.17. The smallest absolute Gasteiger partial charge is 0.303 e. The Bertz CT molecular complexity index is 761. The van der Waals surface area contributed by atoms with Crippen LogP contribution in [0.2, 0.25) is 0 Å². The van der Waals surface area contributed by atoms with Crippen molar-refractivity contribution in [2.24, 2.45) is 0 Å². The molecular weight excluding hydrogens is 358 g/mol. The molecule has 2 aromatic rings. The van der Waals surface area contributed by atoms with Crippen LogP contribution in [-0.2, 0) is 4.79 Å². The maximum absolute atomic E-state index is 14.6. The fourth-order valence-electron chi connectivity index (χ4n) is 2.59. The van der Waals surface area contributed by atoms with E-state index in [-0.39, 0.29) is 23.9 Å². The summed E-state index contributed by atoms with van der Waals surface area (Å²) in [6, 6.07) is 6.13. The van der Waals surface area contributed by atoms with Gasteiger partial charge in [0.15, 0.2) is 0 Å². The molecule has 7 heteroatoms. The van der Waals surface area contributed by atoms with E-state index in [9.17, 15) is 13.6 Å². The van der Waals surface area contributed by atoms with E-state index in [2.05, 4.69) is 4.98 Å². The standard InChI is InChI=1S/C19H22F2N2O2S/c1-12(2)26-19-14(6-4-8-22-19)13-10-15(20)18(16(21)11-13)23(3)9-5-7-17(24)25/h4,6,8,10-12H,5,7,9H2,1-3H3,(H,24,25). The first kappa shape index (κ1) is 20.2. The van der Waals surface area contributed by atoms with E-state index in [0.717, 1.165) is 5.03 Å². The van der Waals surface area contributed by atoms with Gasteiger partial charge in [-0.3, -0.25) is 4.79 Å². The Morgan fingerprint density at radius 3 is 2.54 bits per heavy atom. The lowest BCUT2D eigenvalue weighted by atomic mass is 10.1. The van der Waals surface area contributed by atoms with Crippen LogP contribution in [0.15, 0.2) is 35.5 Å². The maximum atomic E-state index is 14.6. The summed E-state index contributed by atoms with van der Waals surface area (Å²) in [5.41, 5.74) is 0.962. The molecular formula is C19H22F2N2O2S. The van der Waals surface area contributed by atoms with Gasteiger partial charge in [-0.1, -0.05) is 19.9 Å². The number of benzene rings is 1. The molecule has 26 heavy (non-hydrogen) atoms. The topological polar surface area (TPSA) is 53.4 Å². The van der Waals surface area contributed by atoms with Crippen molar-refractivity contribution in [3.63, 3.8) is 0 Å².